The van der Waals surface area contributed by atoms with Gasteiger partial charge >= 0.3 is 0 Å². The van der Waals surface area contributed by atoms with Gasteiger partial charge in [0.15, 0.2) is 0 Å². The summed E-state index contributed by atoms with van der Waals surface area (Å²) in [6, 6.07) is 0. The predicted molar refractivity (Wildman–Crippen MR) is 50.5 cm³/mol. The number of imidazole rings is 1. The fourth-order valence-electron chi connectivity index (χ4n) is 1.87. The summed E-state index contributed by atoms with van der Waals surface area (Å²) >= 11 is 0. The highest BCUT2D eigenvalue weighted by Crippen LogP contribution is 2.15. The lowest BCUT2D eigenvalue weighted by Gasteiger charge is -2.11. The number of rotatable bonds is 2. The van der Waals surface area contributed by atoms with Crippen LogP contribution in [0.25, 0.3) is 0 Å². The Morgan fingerprint density at radius 1 is 1.62 bits per heavy atom. The Morgan fingerprint density at radius 3 is 3.15 bits per heavy atom. The van der Waals surface area contributed by atoms with E-state index in [9.17, 15) is 5.11 Å². The molecule has 3 nitrogen and oxygen atoms in total. The summed E-state index contributed by atoms with van der Waals surface area (Å²) < 4.78 is 2.22. The molecule has 0 saturated carbocycles. The molecule has 3 heteroatoms. The molecule has 1 aliphatic heterocycles. The first-order chi connectivity index (χ1) is 6.25. The standard InChI is InChI=1S/C10H16N2O/c1-8(13)6-9-7-12-5-3-2-4-10(12)11-9/h7-8,13H,2-6H2,1H3. The monoisotopic (exact) mass is 180 g/mol. The first kappa shape index (κ1) is 8.75. The van der Waals surface area contributed by atoms with Gasteiger partial charge in [-0.25, -0.2) is 4.98 Å². The number of nitrogens with zero attached hydrogens (tertiary/aromatic N) is 2. The van der Waals surface area contributed by atoms with Crippen LogP contribution in [0.15, 0.2) is 6.20 Å². The molecular formula is C10H16N2O. The van der Waals surface area contributed by atoms with E-state index in [0.717, 1.165) is 18.7 Å². The van der Waals surface area contributed by atoms with Crippen molar-refractivity contribution >= 4 is 0 Å². The van der Waals surface area contributed by atoms with Crippen LogP contribution in [-0.2, 0) is 19.4 Å². The molecule has 0 bridgehead atoms. The second-order valence-electron chi connectivity index (χ2n) is 3.85. The highest BCUT2D eigenvalue weighted by molar-refractivity contribution is 5.06. The minimum atomic E-state index is -0.281. The first-order valence-electron chi connectivity index (χ1n) is 4.98. The maximum atomic E-state index is 9.22. The number of hydrogen-bond donors (Lipinski definition) is 1. The minimum absolute atomic E-state index is 0.281. The average molecular weight is 180 g/mol. The minimum Gasteiger partial charge on any atom is -0.393 e. The molecule has 72 valence electrons. The molecule has 1 aromatic heterocycles. The van der Waals surface area contributed by atoms with Crippen molar-refractivity contribution < 1.29 is 5.11 Å². The molecule has 0 aliphatic carbocycles. The van der Waals surface area contributed by atoms with Crippen LogP contribution in [-0.4, -0.2) is 20.8 Å². The molecule has 1 unspecified atom stereocenters. The Bertz CT molecular complexity index is 268. The van der Waals surface area contributed by atoms with Gasteiger partial charge in [-0.2, -0.15) is 0 Å². The van der Waals surface area contributed by atoms with Gasteiger partial charge in [-0.3, -0.25) is 0 Å². The quantitative estimate of drug-likeness (QED) is 0.741. The van der Waals surface area contributed by atoms with E-state index in [1.54, 1.807) is 6.92 Å². The number of hydrogen-bond acceptors (Lipinski definition) is 2. The van der Waals surface area contributed by atoms with Crippen LogP contribution >= 0.6 is 0 Å². The van der Waals surface area contributed by atoms with Crippen LogP contribution in [0.5, 0.6) is 0 Å². The second kappa shape index (κ2) is 3.50. The van der Waals surface area contributed by atoms with E-state index in [2.05, 4.69) is 15.7 Å². The normalized spacial score (nSPS) is 18.3. The number of fused-ring (bicyclic) bond motifs is 1. The van der Waals surface area contributed by atoms with Crippen molar-refractivity contribution in [2.24, 2.45) is 0 Å². The highest BCUT2D eigenvalue weighted by Gasteiger charge is 2.12. The van der Waals surface area contributed by atoms with Gasteiger partial charge in [-0.15, -0.1) is 0 Å². The average Bonchev–Trinajstić information content (AvgIpc) is 2.44. The molecule has 0 saturated heterocycles. The topological polar surface area (TPSA) is 38.0 Å². The summed E-state index contributed by atoms with van der Waals surface area (Å²) in [4.78, 5) is 4.49. The van der Waals surface area contributed by atoms with E-state index in [1.807, 2.05) is 0 Å². The summed E-state index contributed by atoms with van der Waals surface area (Å²) in [5, 5.41) is 9.22. The smallest absolute Gasteiger partial charge is 0.108 e. The van der Waals surface area contributed by atoms with Gasteiger partial charge in [0.25, 0.3) is 0 Å². The largest absolute Gasteiger partial charge is 0.393 e. The van der Waals surface area contributed by atoms with Gasteiger partial charge in [-0.05, 0) is 19.8 Å². The molecule has 2 heterocycles. The third-order valence-electron chi connectivity index (χ3n) is 2.46. The van der Waals surface area contributed by atoms with E-state index in [0.29, 0.717) is 6.42 Å². The van der Waals surface area contributed by atoms with Crippen LogP contribution in [0.2, 0.25) is 0 Å². The fourth-order valence-corrected chi connectivity index (χ4v) is 1.87. The van der Waals surface area contributed by atoms with Crippen LogP contribution in [0.4, 0.5) is 0 Å². The van der Waals surface area contributed by atoms with E-state index < -0.39 is 0 Å². The molecule has 13 heavy (non-hydrogen) atoms. The van der Waals surface area contributed by atoms with Crippen LogP contribution in [0.1, 0.15) is 31.3 Å². The summed E-state index contributed by atoms with van der Waals surface area (Å²) in [7, 11) is 0. The van der Waals surface area contributed by atoms with Gasteiger partial charge in [0.2, 0.25) is 0 Å². The molecule has 0 radical (unpaired) electrons. The Hall–Kier alpha value is -0.830. The van der Waals surface area contributed by atoms with E-state index in [-0.39, 0.29) is 6.10 Å². The summed E-state index contributed by atoms with van der Waals surface area (Å²) in [6.07, 6.45) is 6.10. The van der Waals surface area contributed by atoms with Gasteiger partial charge in [0, 0.05) is 25.6 Å². The van der Waals surface area contributed by atoms with E-state index in [1.165, 1.54) is 18.7 Å². The molecule has 1 N–H and O–H groups in total. The highest BCUT2D eigenvalue weighted by atomic mass is 16.3. The summed E-state index contributed by atoms with van der Waals surface area (Å²) in [5.74, 6) is 1.20. The maximum absolute atomic E-state index is 9.22. The van der Waals surface area contributed by atoms with Crippen molar-refractivity contribution in [1.82, 2.24) is 9.55 Å². The number of aliphatic hydroxyl groups excluding tert-OH is 1. The lowest BCUT2D eigenvalue weighted by atomic mass is 10.2. The molecule has 1 aromatic rings. The number of aryl methyl sites for hydroxylation is 2. The first-order valence-corrected chi connectivity index (χ1v) is 4.98. The van der Waals surface area contributed by atoms with Crippen LogP contribution < -0.4 is 0 Å². The van der Waals surface area contributed by atoms with Crippen LogP contribution in [0.3, 0.4) is 0 Å². The maximum Gasteiger partial charge on any atom is 0.108 e. The Morgan fingerprint density at radius 2 is 2.46 bits per heavy atom. The predicted octanol–water partition coefficient (Wildman–Crippen LogP) is 1.14. The van der Waals surface area contributed by atoms with Crippen molar-refractivity contribution in [1.29, 1.82) is 0 Å². The molecule has 0 fully saturated rings. The van der Waals surface area contributed by atoms with E-state index >= 15 is 0 Å². The molecule has 0 spiro atoms. The van der Waals surface area contributed by atoms with Crippen LogP contribution in [0, 0.1) is 0 Å². The second-order valence-corrected chi connectivity index (χ2v) is 3.85. The van der Waals surface area contributed by atoms with Crippen molar-refractivity contribution in [3.63, 3.8) is 0 Å². The van der Waals surface area contributed by atoms with Crippen molar-refractivity contribution in [3.8, 4) is 0 Å². The zero-order valence-corrected chi connectivity index (χ0v) is 8.03. The Kier molecular flexibility index (Phi) is 2.36. The van der Waals surface area contributed by atoms with Gasteiger partial charge in [-0.1, -0.05) is 0 Å². The molecule has 0 aromatic carbocycles. The molecular weight excluding hydrogens is 164 g/mol. The number of aromatic nitrogens is 2. The molecule has 0 amide bonds. The zero-order valence-electron chi connectivity index (χ0n) is 8.03. The zero-order chi connectivity index (χ0) is 9.26. The summed E-state index contributed by atoms with van der Waals surface area (Å²) in [5.41, 5.74) is 1.03. The third-order valence-corrected chi connectivity index (χ3v) is 2.46. The van der Waals surface area contributed by atoms with Crippen molar-refractivity contribution in [3.05, 3.63) is 17.7 Å². The van der Waals surface area contributed by atoms with Gasteiger partial charge in [0.05, 0.1) is 11.8 Å². The molecule has 1 aliphatic rings. The van der Waals surface area contributed by atoms with Crippen molar-refractivity contribution in [2.45, 2.75) is 45.3 Å². The SMILES string of the molecule is CC(O)Cc1cn2c(n1)CCCC2. The molecule has 1 atom stereocenters. The van der Waals surface area contributed by atoms with Gasteiger partial charge in [0.1, 0.15) is 5.82 Å². The van der Waals surface area contributed by atoms with Crippen molar-refractivity contribution in [2.75, 3.05) is 0 Å². The number of aliphatic hydroxyl groups is 1. The lowest BCUT2D eigenvalue weighted by molar-refractivity contribution is 0.194. The van der Waals surface area contributed by atoms with Gasteiger partial charge < -0.3 is 9.67 Å². The molecule has 2 rings (SSSR count). The lowest BCUT2D eigenvalue weighted by Crippen LogP contribution is -2.08. The fraction of sp³-hybridized carbons (Fsp3) is 0.700. The third kappa shape index (κ3) is 1.91. The Labute approximate surface area is 78.4 Å². The van der Waals surface area contributed by atoms with E-state index in [4.69, 9.17) is 0 Å². The summed E-state index contributed by atoms with van der Waals surface area (Å²) in [6.45, 7) is 2.90. The Balaban J connectivity index is 2.15.